The first-order chi connectivity index (χ1) is 19.3. The van der Waals surface area contributed by atoms with Crippen LogP contribution in [0.2, 0.25) is 0 Å². The van der Waals surface area contributed by atoms with Gasteiger partial charge in [0.15, 0.2) is 0 Å². The number of anilines is 3. The molecule has 210 valence electrons. The van der Waals surface area contributed by atoms with Gasteiger partial charge in [0.05, 0.1) is 37.8 Å². The van der Waals surface area contributed by atoms with E-state index in [0.29, 0.717) is 54.7 Å². The second-order valence-corrected chi connectivity index (χ2v) is 10.6. The first-order valence-electron chi connectivity index (χ1n) is 13.2. The van der Waals surface area contributed by atoms with Crippen LogP contribution in [0.1, 0.15) is 40.4 Å². The molecule has 0 unspecified atom stereocenters. The Hall–Kier alpha value is -3.76. The third kappa shape index (κ3) is 5.33. The Labute approximate surface area is 242 Å². The Morgan fingerprint density at radius 2 is 1.88 bits per heavy atom. The van der Waals surface area contributed by atoms with Gasteiger partial charge in [0.25, 0.3) is 5.91 Å². The molecule has 1 N–H and O–H groups in total. The summed E-state index contributed by atoms with van der Waals surface area (Å²) in [7, 11) is 5.20. The highest BCUT2D eigenvalue weighted by molar-refractivity contribution is 9.10. The highest BCUT2D eigenvalue weighted by Gasteiger charge is 2.32. The zero-order chi connectivity index (χ0) is 28.4. The number of nitrogens with zero attached hydrogens (tertiary/aromatic N) is 3. The van der Waals surface area contributed by atoms with Crippen LogP contribution in [0.3, 0.4) is 0 Å². The van der Waals surface area contributed by atoms with Crippen LogP contribution < -0.4 is 25.0 Å². The van der Waals surface area contributed by atoms with E-state index in [2.05, 4.69) is 44.7 Å². The highest BCUT2D eigenvalue weighted by atomic mass is 79.9. The van der Waals surface area contributed by atoms with Crippen LogP contribution in [0.5, 0.6) is 11.5 Å². The van der Waals surface area contributed by atoms with E-state index < -0.39 is 0 Å². The van der Waals surface area contributed by atoms with E-state index in [0.717, 1.165) is 33.9 Å². The minimum Gasteiger partial charge on any atom is -0.497 e. The molecule has 0 saturated carbocycles. The van der Waals surface area contributed by atoms with Crippen LogP contribution in [-0.2, 0) is 28.9 Å². The quantitative estimate of drug-likeness (QED) is 0.351. The van der Waals surface area contributed by atoms with E-state index in [-0.39, 0.29) is 11.9 Å². The van der Waals surface area contributed by atoms with Crippen molar-refractivity contribution in [3.63, 3.8) is 0 Å². The predicted molar refractivity (Wildman–Crippen MR) is 157 cm³/mol. The molecule has 2 aliphatic rings. The monoisotopic (exact) mass is 608 g/mol. The lowest BCUT2D eigenvalue weighted by Gasteiger charge is -2.32. The maximum atomic E-state index is 13.4. The molecule has 0 spiro atoms. The van der Waals surface area contributed by atoms with Crippen LogP contribution in [-0.4, -0.2) is 51.2 Å². The molecular formula is C30H33BrN4O5. The number of aryl methyl sites for hydroxylation is 1. The Balaban J connectivity index is 1.43. The molecule has 10 heteroatoms. The van der Waals surface area contributed by atoms with Crippen molar-refractivity contribution in [1.82, 2.24) is 10.4 Å². The van der Waals surface area contributed by atoms with Crippen LogP contribution in [0.15, 0.2) is 53.0 Å². The Morgan fingerprint density at radius 1 is 1.05 bits per heavy atom. The summed E-state index contributed by atoms with van der Waals surface area (Å²) in [5.74, 6) is 1.18. The van der Waals surface area contributed by atoms with Gasteiger partial charge in [-0.25, -0.2) is 0 Å². The lowest BCUT2D eigenvalue weighted by atomic mass is 9.96. The number of hydrogen-bond acceptors (Lipinski definition) is 8. The number of hydrazine groups is 2. The smallest absolute Gasteiger partial charge is 0.306 e. The summed E-state index contributed by atoms with van der Waals surface area (Å²) in [4.78, 5) is 27.3. The van der Waals surface area contributed by atoms with Gasteiger partial charge in [0.1, 0.15) is 17.2 Å². The standard InChI is InChI=1S/C30H33BrN4O5/c1-5-40-28(36)12-9-19-15-26-29(27(16-19)39-4)33(2)32-35(26)25-8-6-7-20-18-34(14-13-22(20)25)30(37)23-11-10-21(38-3)17-24(23)31/h6-8,10-11,15-17,32H,5,9,12-14,18H2,1-4H3. The number of methoxy groups -OCH3 is 2. The normalized spacial score (nSPS) is 14.1. The van der Waals surface area contributed by atoms with Crippen LogP contribution in [0, 0.1) is 0 Å². The predicted octanol–water partition coefficient (Wildman–Crippen LogP) is 5.17. The molecule has 0 aliphatic carbocycles. The molecule has 9 nitrogen and oxygen atoms in total. The van der Waals surface area contributed by atoms with Gasteiger partial charge in [-0.1, -0.05) is 12.1 Å². The van der Waals surface area contributed by atoms with Gasteiger partial charge >= 0.3 is 5.97 Å². The van der Waals surface area contributed by atoms with Crippen molar-refractivity contribution in [2.75, 3.05) is 44.4 Å². The van der Waals surface area contributed by atoms with Crippen molar-refractivity contribution in [2.24, 2.45) is 0 Å². The van der Waals surface area contributed by atoms with E-state index >= 15 is 0 Å². The summed E-state index contributed by atoms with van der Waals surface area (Å²) in [6, 6.07) is 15.7. The molecule has 0 fully saturated rings. The zero-order valence-corrected chi connectivity index (χ0v) is 24.7. The fourth-order valence-electron chi connectivity index (χ4n) is 5.31. The van der Waals surface area contributed by atoms with Crippen LogP contribution >= 0.6 is 15.9 Å². The number of benzene rings is 3. The van der Waals surface area contributed by atoms with Crippen molar-refractivity contribution >= 4 is 44.9 Å². The third-order valence-electron chi connectivity index (χ3n) is 7.26. The number of nitrogens with one attached hydrogen (secondary N) is 1. The number of esters is 1. The fraction of sp³-hybridized carbons (Fsp3) is 0.333. The summed E-state index contributed by atoms with van der Waals surface area (Å²) in [6.45, 7) is 3.29. The van der Waals surface area contributed by atoms with Crippen molar-refractivity contribution in [3.8, 4) is 11.5 Å². The van der Waals surface area contributed by atoms with Crippen molar-refractivity contribution in [2.45, 2.75) is 32.7 Å². The van der Waals surface area contributed by atoms with Crippen LogP contribution in [0.4, 0.5) is 17.1 Å². The average molecular weight is 610 g/mol. The second-order valence-electron chi connectivity index (χ2n) is 9.70. The van der Waals surface area contributed by atoms with E-state index in [1.54, 1.807) is 26.4 Å². The largest absolute Gasteiger partial charge is 0.497 e. The first kappa shape index (κ1) is 27.8. The SMILES string of the molecule is CCOC(=O)CCc1cc(OC)c2c(c1)N(c1cccc3c1CCN(C(=O)c1ccc(OC)cc1Br)C3)NN2C. The number of halogens is 1. The maximum Gasteiger partial charge on any atom is 0.306 e. The number of carbonyl (C=O) groups is 2. The Bertz CT molecular complexity index is 1450. The summed E-state index contributed by atoms with van der Waals surface area (Å²) in [5.41, 5.74) is 10.2. The van der Waals surface area contributed by atoms with Gasteiger partial charge in [-0.2, -0.15) is 0 Å². The number of fused-ring (bicyclic) bond motifs is 2. The van der Waals surface area contributed by atoms with Gasteiger partial charge in [-0.15, -0.1) is 5.53 Å². The molecule has 40 heavy (non-hydrogen) atoms. The lowest BCUT2D eigenvalue weighted by Crippen LogP contribution is -2.41. The topological polar surface area (TPSA) is 83.6 Å². The number of rotatable bonds is 8. The maximum absolute atomic E-state index is 13.4. The number of ether oxygens (including phenoxy) is 3. The number of carbonyl (C=O) groups excluding carboxylic acids is 2. The molecule has 0 radical (unpaired) electrons. The fourth-order valence-corrected chi connectivity index (χ4v) is 5.84. The van der Waals surface area contributed by atoms with E-state index in [9.17, 15) is 9.59 Å². The summed E-state index contributed by atoms with van der Waals surface area (Å²) in [5, 5.41) is 3.99. The van der Waals surface area contributed by atoms with E-state index in [1.807, 2.05) is 42.1 Å². The van der Waals surface area contributed by atoms with Gasteiger partial charge in [-0.3, -0.25) is 19.6 Å². The van der Waals surface area contributed by atoms with Crippen molar-refractivity contribution in [3.05, 3.63) is 75.3 Å². The number of amides is 1. The minimum absolute atomic E-state index is 0.0223. The first-order valence-corrected chi connectivity index (χ1v) is 14.0. The molecule has 0 atom stereocenters. The van der Waals surface area contributed by atoms with E-state index in [1.165, 1.54) is 5.56 Å². The third-order valence-corrected chi connectivity index (χ3v) is 7.92. The molecule has 0 bridgehead atoms. The molecule has 0 aromatic heterocycles. The second kappa shape index (κ2) is 11.8. The van der Waals surface area contributed by atoms with Gasteiger partial charge in [-0.05, 0) is 88.8 Å². The highest BCUT2D eigenvalue weighted by Crippen LogP contribution is 2.46. The van der Waals surface area contributed by atoms with Crippen LogP contribution in [0.25, 0.3) is 0 Å². The molecule has 0 saturated heterocycles. The molecule has 1 amide bonds. The lowest BCUT2D eigenvalue weighted by molar-refractivity contribution is -0.143. The van der Waals surface area contributed by atoms with Gasteiger partial charge in [0.2, 0.25) is 0 Å². The Kier molecular flexibility index (Phi) is 8.18. The number of hydrogen-bond donors (Lipinski definition) is 1. The van der Waals surface area contributed by atoms with E-state index in [4.69, 9.17) is 14.2 Å². The Morgan fingerprint density at radius 3 is 2.60 bits per heavy atom. The van der Waals surface area contributed by atoms with Gasteiger partial charge in [0, 0.05) is 31.0 Å². The van der Waals surface area contributed by atoms with Crippen molar-refractivity contribution in [1.29, 1.82) is 0 Å². The zero-order valence-electron chi connectivity index (χ0n) is 23.1. The summed E-state index contributed by atoms with van der Waals surface area (Å²) in [6.07, 6.45) is 1.56. The molecule has 2 heterocycles. The summed E-state index contributed by atoms with van der Waals surface area (Å²) < 4.78 is 16.8. The minimum atomic E-state index is -0.216. The molecule has 5 rings (SSSR count). The molecule has 3 aromatic rings. The van der Waals surface area contributed by atoms with Crippen molar-refractivity contribution < 1.29 is 23.8 Å². The molecule has 2 aliphatic heterocycles. The summed E-state index contributed by atoms with van der Waals surface area (Å²) >= 11 is 3.53. The molecule has 3 aromatic carbocycles. The van der Waals surface area contributed by atoms with Gasteiger partial charge < -0.3 is 19.1 Å². The average Bonchev–Trinajstić information content (AvgIpc) is 3.30. The molecular weight excluding hydrogens is 576 g/mol.